The number of nitrogens with two attached hydrogens (primary N) is 1. The SMILES string of the molecule is CC[C@@H](N)C(=O)Nc1cccc(-n2nnnc2C)c1. The number of anilines is 1. The van der Waals surface area contributed by atoms with E-state index < -0.39 is 6.04 Å². The number of nitrogens with one attached hydrogen (secondary N) is 1. The molecule has 0 saturated carbocycles. The van der Waals surface area contributed by atoms with Gasteiger partial charge in [0.1, 0.15) is 0 Å². The van der Waals surface area contributed by atoms with Crippen LogP contribution in [0.25, 0.3) is 5.69 Å². The first kappa shape index (κ1) is 13.2. The quantitative estimate of drug-likeness (QED) is 0.840. The van der Waals surface area contributed by atoms with Crippen molar-refractivity contribution in [1.82, 2.24) is 20.2 Å². The van der Waals surface area contributed by atoms with Crippen molar-refractivity contribution in [2.45, 2.75) is 26.3 Å². The minimum atomic E-state index is -0.501. The van der Waals surface area contributed by atoms with Crippen LogP contribution in [0.2, 0.25) is 0 Å². The third-order valence-corrected chi connectivity index (χ3v) is 2.76. The average Bonchev–Trinajstić information content (AvgIpc) is 2.84. The van der Waals surface area contributed by atoms with Crippen molar-refractivity contribution < 1.29 is 4.79 Å². The van der Waals surface area contributed by atoms with Crippen LogP contribution in [0.3, 0.4) is 0 Å². The predicted molar refractivity (Wildman–Crippen MR) is 70.8 cm³/mol. The normalized spacial score (nSPS) is 12.2. The molecule has 2 rings (SSSR count). The summed E-state index contributed by atoms with van der Waals surface area (Å²) in [5.74, 6) is 0.474. The van der Waals surface area contributed by atoms with Gasteiger partial charge in [0.05, 0.1) is 11.7 Å². The summed E-state index contributed by atoms with van der Waals surface area (Å²) in [6.45, 7) is 3.67. The number of amides is 1. The number of rotatable bonds is 4. The number of carbonyl (C=O) groups excluding carboxylic acids is 1. The Labute approximate surface area is 110 Å². The van der Waals surface area contributed by atoms with E-state index in [0.29, 0.717) is 17.9 Å². The van der Waals surface area contributed by atoms with E-state index in [-0.39, 0.29) is 5.91 Å². The van der Waals surface area contributed by atoms with Crippen molar-refractivity contribution in [2.75, 3.05) is 5.32 Å². The van der Waals surface area contributed by atoms with Gasteiger partial charge in [0.2, 0.25) is 5.91 Å². The van der Waals surface area contributed by atoms with Gasteiger partial charge in [-0.05, 0) is 42.0 Å². The van der Waals surface area contributed by atoms with Crippen molar-refractivity contribution in [3.8, 4) is 5.69 Å². The molecule has 1 amide bonds. The van der Waals surface area contributed by atoms with Crippen molar-refractivity contribution >= 4 is 11.6 Å². The number of benzene rings is 1. The van der Waals surface area contributed by atoms with Crippen molar-refractivity contribution in [3.05, 3.63) is 30.1 Å². The lowest BCUT2D eigenvalue weighted by atomic mass is 10.2. The number of aryl methyl sites for hydroxylation is 1. The topological polar surface area (TPSA) is 98.7 Å². The number of hydrogen-bond donors (Lipinski definition) is 2. The molecule has 0 aliphatic heterocycles. The lowest BCUT2D eigenvalue weighted by Crippen LogP contribution is -2.34. The highest BCUT2D eigenvalue weighted by molar-refractivity contribution is 5.94. The molecule has 0 spiro atoms. The molecule has 7 heteroatoms. The highest BCUT2D eigenvalue weighted by atomic mass is 16.2. The lowest BCUT2D eigenvalue weighted by molar-refractivity contribution is -0.117. The fraction of sp³-hybridized carbons (Fsp3) is 0.333. The zero-order valence-electron chi connectivity index (χ0n) is 10.9. The second kappa shape index (κ2) is 5.57. The molecule has 1 aromatic carbocycles. The molecule has 1 aromatic heterocycles. The molecule has 2 aromatic rings. The highest BCUT2D eigenvalue weighted by Gasteiger charge is 2.11. The molecule has 0 aliphatic rings. The van der Waals surface area contributed by atoms with Crippen LogP contribution in [-0.2, 0) is 4.79 Å². The Balaban J connectivity index is 2.21. The summed E-state index contributed by atoms with van der Waals surface area (Å²) in [6.07, 6.45) is 0.595. The van der Waals surface area contributed by atoms with Crippen LogP contribution < -0.4 is 11.1 Å². The lowest BCUT2D eigenvalue weighted by Gasteiger charge is -2.11. The van der Waals surface area contributed by atoms with Gasteiger partial charge in [0.15, 0.2) is 5.82 Å². The molecule has 0 saturated heterocycles. The zero-order chi connectivity index (χ0) is 13.8. The van der Waals surface area contributed by atoms with E-state index in [1.807, 2.05) is 19.1 Å². The van der Waals surface area contributed by atoms with Crippen molar-refractivity contribution in [3.63, 3.8) is 0 Å². The number of tetrazole rings is 1. The average molecular weight is 260 g/mol. The molecule has 0 radical (unpaired) electrons. The van der Waals surface area contributed by atoms with Crippen LogP contribution in [0, 0.1) is 6.92 Å². The molecule has 1 heterocycles. The monoisotopic (exact) mass is 260 g/mol. The number of aromatic nitrogens is 4. The first-order valence-corrected chi connectivity index (χ1v) is 6.03. The summed E-state index contributed by atoms with van der Waals surface area (Å²) < 4.78 is 1.59. The van der Waals surface area contributed by atoms with Gasteiger partial charge in [0, 0.05) is 5.69 Å². The summed E-state index contributed by atoms with van der Waals surface area (Å²) >= 11 is 0. The van der Waals surface area contributed by atoms with Gasteiger partial charge in [0.25, 0.3) is 0 Å². The Morgan fingerprint density at radius 3 is 2.95 bits per heavy atom. The van der Waals surface area contributed by atoms with Crippen LogP contribution in [0.15, 0.2) is 24.3 Å². The Kier molecular flexibility index (Phi) is 3.86. The smallest absolute Gasteiger partial charge is 0.241 e. The Bertz CT molecular complexity index is 579. The number of hydrogen-bond acceptors (Lipinski definition) is 5. The molecule has 0 bridgehead atoms. The third-order valence-electron chi connectivity index (χ3n) is 2.76. The molecule has 100 valence electrons. The molecule has 0 unspecified atom stereocenters. The van der Waals surface area contributed by atoms with E-state index in [0.717, 1.165) is 5.69 Å². The second-order valence-corrected chi connectivity index (χ2v) is 4.19. The van der Waals surface area contributed by atoms with Gasteiger partial charge < -0.3 is 11.1 Å². The molecule has 7 nitrogen and oxygen atoms in total. The highest BCUT2D eigenvalue weighted by Crippen LogP contribution is 2.14. The Morgan fingerprint density at radius 1 is 1.53 bits per heavy atom. The van der Waals surface area contributed by atoms with E-state index in [2.05, 4.69) is 20.8 Å². The maximum absolute atomic E-state index is 11.7. The van der Waals surface area contributed by atoms with Gasteiger partial charge in [-0.3, -0.25) is 4.79 Å². The Hall–Kier alpha value is -2.28. The minimum absolute atomic E-state index is 0.201. The van der Waals surface area contributed by atoms with Gasteiger partial charge in [-0.1, -0.05) is 13.0 Å². The maximum atomic E-state index is 11.7. The predicted octanol–water partition coefficient (Wildman–Crippen LogP) is 0.647. The van der Waals surface area contributed by atoms with Gasteiger partial charge in [-0.2, -0.15) is 4.68 Å². The van der Waals surface area contributed by atoms with Gasteiger partial charge in [-0.25, -0.2) is 0 Å². The van der Waals surface area contributed by atoms with E-state index >= 15 is 0 Å². The van der Waals surface area contributed by atoms with Crippen molar-refractivity contribution in [1.29, 1.82) is 0 Å². The van der Waals surface area contributed by atoms with Crippen LogP contribution >= 0.6 is 0 Å². The third kappa shape index (κ3) is 2.94. The summed E-state index contributed by atoms with van der Waals surface area (Å²) in [4.78, 5) is 11.7. The Morgan fingerprint density at radius 2 is 2.32 bits per heavy atom. The summed E-state index contributed by atoms with van der Waals surface area (Å²) in [6, 6.07) is 6.77. The largest absolute Gasteiger partial charge is 0.325 e. The zero-order valence-corrected chi connectivity index (χ0v) is 10.9. The second-order valence-electron chi connectivity index (χ2n) is 4.19. The molecular weight excluding hydrogens is 244 g/mol. The fourth-order valence-corrected chi connectivity index (χ4v) is 1.61. The summed E-state index contributed by atoms with van der Waals surface area (Å²) in [5, 5.41) is 14.0. The van der Waals surface area contributed by atoms with Crippen LogP contribution in [0.1, 0.15) is 19.2 Å². The fourth-order valence-electron chi connectivity index (χ4n) is 1.61. The first-order chi connectivity index (χ1) is 9.11. The number of nitrogens with zero attached hydrogens (tertiary/aromatic N) is 4. The van der Waals surface area contributed by atoms with E-state index in [4.69, 9.17) is 5.73 Å². The van der Waals surface area contributed by atoms with Crippen LogP contribution in [-0.4, -0.2) is 32.2 Å². The summed E-state index contributed by atoms with van der Waals surface area (Å²) in [7, 11) is 0. The van der Waals surface area contributed by atoms with Gasteiger partial charge in [-0.15, -0.1) is 5.10 Å². The van der Waals surface area contributed by atoms with Crippen molar-refractivity contribution in [2.24, 2.45) is 5.73 Å². The minimum Gasteiger partial charge on any atom is -0.325 e. The standard InChI is InChI=1S/C12H16N6O/c1-3-11(13)12(19)14-9-5-4-6-10(7-9)18-8(2)15-16-17-18/h4-7,11H,3,13H2,1-2H3,(H,14,19)/t11-/m1/s1. The van der Waals surface area contributed by atoms with Gasteiger partial charge >= 0.3 is 0 Å². The first-order valence-electron chi connectivity index (χ1n) is 6.03. The molecule has 3 N–H and O–H groups in total. The van der Waals surface area contributed by atoms with E-state index in [1.54, 1.807) is 23.7 Å². The van der Waals surface area contributed by atoms with Crippen LogP contribution in [0.5, 0.6) is 0 Å². The number of carbonyl (C=O) groups is 1. The van der Waals surface area contributed by atoms with E-state index in [9.17, 15) is 4.79 Å². The molecule has 1 atom stereocenters. The van der Waals surface area contributed by atoms with E-state index in [1.165, 1.54) is 0 Å². The summed E-state index contributed by atoms with van der Waals surface area (Å²) in [5.41, 5.74) is 7.12. The molecule has 0 aliphatic carbocycles. The molecule has 0 fully saturated rings. The molecule has 19 heavy (non-hydrogen) atoms. The maximum Gasteiger partial charge on any atom is 0.241 e. The van der Waals surface area contributed by atoms with Crippen LogP contribution in [0.4, 0.5) is 5.69 Å². The molecular formula is C12H16N6O.